The van der Waals surface area contributed by atoms with Crippen molar-refractivity contribution in [2.45, 2.75) is 12.1 Å². The van der Waals surface area contributed by atoms with E-state index in [0.717, 1.165) is 22.7 Å². The number of amides is 1. The van der Waals surface area contributed by atoms with Crippen molar-refractivity contribution in [1.29, 1.82) is 0 Å². The highest BCUT2D eigenvalue weighted by molar-refractivity contribution is 7.99. The largest absolute Gasteiger partial charge is 0.493 e. The van der Waals surface area contributed by atoms with Gasteiger partial charge in [0.25, 0.3) is 5.56 Å². The number of methoxy groups -OCH3 is 2. The fraction of sp³-hybridized carbons (Fsp3) is 0.250. The van der Waals surface area contributed by atoms with E-state index in [-0.39, 0.29) is 24.5 Å². The van der Waals surface area contributed by atoms with Gasteiger partial charge in [0.2, 0.25) is 5.91 Å². The van der Waals surface area contributed by atoms with Crippen LogP contribution < -0.4 is 20.3 Å². The van der Waals surface area contributed by atoms with Crippen LogP contribution in [-0.4, -0.2) is 59.5 Å². The van der Waals surface area contributed by atoms with Crippen LogP contribution in [0.25, 0.3) is 27.6 Å². The molecule has 11 heteroatoms. The van der Waals surface area contributed by atoms with E-state index in [1.54, 1.807) is 25.1 Å². The summed E-state index contributed by atoms with van der Waals surface area (Å²) >= 11 is 1.08. The number of nitrogens with zero attached hydrogens (tertiary/aromatic N) is 2. The second-order valence-electron chi connectivity index (χ2n) is 7.34. The molecule has 35 heavy (non-hydrogen) atoms. The van der Waals surface area contributed by atoms with Crippen molar-refractivity contribution in [2.75, 3.05) is 33.1 Å². The van der Waals surface area contributed by atoms with Gasteiger partial charge in [0, 0.05) is 17.0 Å². The van der Waals surface area contributed by atoms with Gasteiger partial charge in [-0.3, -0.25) is 19.0 Å². The Morgan fingerprint density at radius 2 is 1.89 bits per heavy atom. The van der Waals surface area contributed by atoms with Crippen LogP contribution >= 0.6 is 11.8 Å². The predicted molar refractivity (Wildman–Crippen MR) is 133 cm³/mol. The summed E-state index contributed by atoms with van der Waals surface area (Å²) < 4.78 is 17.0. The van der Waals surface area contributed by atoms with Crippen molar-refractivity contribution in [3.05, 3.63) is 52.8 Å². The number of carbonyl (C=O) groups is 2. The number of fused-ring (bicyclic) bond motifs is 3. The van der Waals surface area contributed by atoms with Crippen molar-refractivity contribution in [1.82, 2.24) is 19.9 Å². The van der Waals surface area contributed by atoms with Gasteiger partial charge in [-0.1, -0.05) is 30.0 Å². The molecule has 0 radical (unpaired) electrons. The van der Waals surface area contributed by atoms with E-state index < -0.39 is 11.9 Å². The lowest BCUT2D eigenvalue weighted by molar-refractivity contribution is -0.143. The Hall–Kier alpha value is -3.99. The van der Waals surface area contributed by atoms with E-state index in [2.05, 4.69) is 10.3 Å². The van der Waals surface area contributed by atoms with Gasteiger partial charge >= 0.3 is 5.97 Å². The van der Waals surface area contributed by atoms with E-state index in [1.165, 1.54) is 18.8 Å². The lowest BCUT2D eigenvalue weighted by Crippen LogP contribution is -2.32. The molecule has 2 aromatic heterocycles. The number of carbonyl (C=O) groups excluding carboxylic acids is 2. The number of thioether (sulfide) groups is 1. The third-order valence-corrected chi connectivity index (χ3v) is 6.13. The normalized spacial score (nSPS) is 10.9. The van der Waals surface area contributed by atoms with Crippen molar-refractivity contribution in [2.24, 2.45) is 0 Å². The second-order valence-corrected chi connectivity index (χ2v) is 8.28. The van der Waals surface area contributed by atoms with Gasteiger partial charge in [-0.2, -0.15) is 0 Å². The molecule has 0 bridgehead atoms. The molecule has 0 atom stereocenters. The first-order chi connectivity index (χ1) is 17.0. The highest BCUT2D eigenvalue weighted by Crippen LogP contribution is 2.31. The van der Waals surface area contributed by atoms with Crippen molar-refractivity contribution >= 4 is 45.6 Å². The summed E-state index contributed by atoms with van der Waals surface area (Å²) in [5.74, 6) is -0.0256. The summed E-state index contributed by atoms with van der Waals surface area (Å²) in [5, 5.41) is 3.62. The van der Waals surface area contributed by atoms with Crippen LogP contribution in [0.2, 0.25) is 0 Å². The number of aromatic nitrogens is 3. The molecular weight excluding hydrogens is 472 g/mol. The smallest absolute Gasteiger partial charge is 0.325 e. The quantitative estimate of drug-likeness (QED) is 0.206. The maximum absolute atomic E-state index is 13.6. The number of esters is 1. The van der Waals surface area contributed by atoms with E-state index in [9.17, 15) is 14.4 Å². The number of para-hydroxylation sites is 1. The first-order valence-electron chi connectivity index (χ1n) is 10.8. The van der Waals surface area contributed by atoms with Gasteiger partial charge < -0.3 is 24.5 Å². The molecule has 0 saturated heterocycles. The number of hydrogen-bond donors (Lipinski definition) is 2. The van der Waals surface area contributed by atoms with Crippen LogP contribution in [-0.2, 0) is 14.3 Å². The molecule has 182 valence electrons. The molecule has 2 heterocycles. The molecule has 0 fully saturated rings. The minimum absolute atomic E-state index is 0.0625. The molecular formula is C24H24N4O6S. The van der Waals surface area contributed by atoms with Crippen LogP contribution in [0.1, 0.15) is 6.92 Å². The number of aromatic amines is 1. The van der Waals surface area contributed by atoms with Crippen LogP contribution in [0, 0.1) is 0 Å². The topological polar surface area (TPSA) is 125 Å². The summed E-state index contributed by atoms with van der Waals surface area (Å²) in [6.45, 7) is 1.69. The molecule has 2 aromatic carbocycles. The van der Waals surface area contributed by atoms with Crippen molar-refractivity contribution < 1.29 is 23.8 Å². The first kappa shape index (κ1) is 24.1. The monoisotopic (exact) mass is 496 g/mol. The van der Waals surface area contributed by atoms with E-state index in [0.29, 0.717) is 33.4 Å². The number of ether oxygens (including phenoxy) is 3. The SMILES string of the molecule is CCOC(=O)CNC(=O)CSc1nc2c([nH]c3ccccc32)c(=O)n1-c1ccc(OC)c(OC)c1. The lowest BCUT2D eigenvalue weighted by Gasteiger charge is -2.14. The zero-order chi connectivity index (χ0) is 24.9. The Morgan fingerprint density at radius 3 is 2.63 bits per heavy atom. The Morgan fingerprint density at radius 1 is 1.11 bits per heavy atom. The second kappa shape index (κ2) is 10.5. The molecule has 2 N–H and O–H groups in total. The minimum Gasteiger partial charge on any atom is -0.493 e. The zero-order valence-corrected chi connectivity index (χ0v) is 20.2. The highest BCUT2D eigenvalue weighted by atomic mass is 32.2. The van der Waals surface area contributed by atoms with Gasteiger partial charge in [-0.15, -0.1) is 0 Å². The maximum atomic E-state index is 13.6. The van der Waals surface area contributed by atoms with Gasteiger partial charge in [-0.25, -0.2) is 4.98 Å². The molecule has 1 amide bonds. The zero-order valence-electron chi connectivity index (χ0n) is 19.4. The minimum atomic E-state index is -0.522. The molecule has 4 aromatic rings. The molecule has 0 aliphatic carbocycles. The third-order valence-electron chi connectivity index (χ3n) is 5.19. The van der Waals surface area contributed by atoms with Crippen molar-refractivity contribution in [3.63, 3.8) is 0 Å². The molecule has 0 spiro atoms. The van der Waals surface area contributed by atoms with Gasteiger partial charge in [0.05, 0.1) is 32.3 Å². The number of hydrogen-bond acceptors (Lipinski definition) is 8. The summed E-state index contributed by atoms with van der Waals surface area (Å²) in [6.07, 6.45) is 0. The van der Waals surface area contributed by atoms with Crippen LogP contribution in [0.15, 0.2) is 52.4 Å². The van der Waals surface area contributed by atoms with Crippen LogP contribution in [0.3, 0.4) is 0 Å². The number of nitrogens with one attached hydrogen (secondary N) is 2. The Balaban J connectivity index is 1.77. The van der Waals surface area contributed by atoms with Gasteiger partial charge in [0.15, 0.2) is 16.7 Å². The van der Waals surface area contributed by atoms with Gasteiger partial charge in [-0.05, 0) is 25.1 Å². The summed E-state index contributed by atoms with van der Waals surface area (Å²) in [5.41, 5.74) is 1.80. The number of rotatable bonds is 9. The molecule has 10 nitrogen and oxygen atoms in total. The summed E-state index contributed by atoms with van der Waals surface area (Å²) in [7, 11) is 3.03. The molecule has 0 saturated carbocycles. The lowest BCUT2D eigenvalue weighted by atomic mass is 10.2. The fourth-order valence-corrected chi connectivity index (χ4v) is 4.43. The number of H-pyrrole nitrogens is 1. The Kier molecular flexibility index (Phi) is 7.25. The first-order valence-corrected chi connectivity index (χ1v) is 11.8. The Labute approximate surface area is 204 Å². The molecule has 0 unspecified atom stereocenters. The van der Waals surface area contributed by atoms with Crippen LogP contribution in [0.4, 0.5) is 0 Å². The van der Waals surface area contributed by atoms with E-state index in [1.807, 2.05) is 24.3 Å². The third kappa shape index (κ3) is 4.94. The Bertz CT molecular complexity index is 1460. The highest BCUT2D eigenvalue weighted by Gasteiger charge is 2.19. The predicted octanol–water partition coefficient (Wildman–Crippen LogP) is 2.66. The van der Waals surface area contributed by atoms with Crippen LogP contribution in [0.5, 0.6) is 11.5 Å². The van der Waals surface area contributed by atoms with Crippen molar-refractivity contribution in [3.8, 4) is 17.2 Å². The number of benzene rings is 2. The van der Waals surface area contributed by atoms with Gasteiger partial charge in [0.1, 0.15) is 17.6 Å². The average molecular weight is 497 g/mol. The summed E-state index contributed by atoms with van der Waals surface area (Å²) in [4.78, 5) is 45.5. The maximum Gasteiger partial charge on any atom is 0.325 e. The standard InChI is InChI=1S/C24H24N4O6S/c1-4-34-20(30)12-25-19(29)13-35-24-27-21-15-7-5-6-8-16(15)26-22(21)23(31)28(24)14-9-10-17(32-2)18(11-14)33-3/h5-11,26H,4,12-13H2,1-3H3,(H,25,29). The average Bonchev–Trinajstić information content (AvgIpc) is 3.25. The van der Waals surface area contributed by atoms with E-state index in [4.69, 9.17) is 19.2 Å². The van der Waals surface area contributed by atoms with E-state index >= 15 is 0 Å². The fourth-order valence-electron chi connectivity index (χ4n) is 3.59. The summed E-state index contributed by atoms with van der Waals surface area (Å²) in [6, 6.07) is 12.6. The molecule has 0 aliphatic rings. The molecule has 4 rings (SSSR count). The molecule has 0 aliphatic heterocycles.